The average Bonchev–Trinajstić information content (AvgIpc) is 3.46. The van der Waals surface area contributed by atoms with Crippen molar-refractivity contribution < 1.29 is 4.79 Å². The maximum absolute atomic E-state index is 12.8. The van der Waals surface area contributed by atoms with Crippen LogP contribution in [0.5, 0.6) is 0 Å². The van der Waals surface area contributed by atoms with Gasteiger partial charge in [-0.15, -0.1) is 0 Å². The van der Waals surface area contributed by atoms with Crippen molar-refractivity contribution in [3.05, 3.63) is 54.1 Å². The van der Waals surface area contributed by atoms with Crippen LogP contribution in [0.1, 0.15) is 50.0 Å². The van der Waals surface area contributed by atoms with Crippen molar-refractivity contribution in [2.75, 3.05) is 39.3 Å². The summed E-state index contributed by atoms with van der Waals surface area (Å²) in [4.78, 5) is 24.5. The number of piperazine rings is 1. The Hall–Kier alpha value is -2.18. The molecular weight excluding hydrogens is 374 g/mol. The number of rotatable bonds is 7. The Bertz CT molecular complexity index is 806. The van der Waals surface area contributed by atoms with Crippen LogP contribution in [0.15, 0.2) is 42.7 Å². The number of aromatic nitrogens is 2. The van der Waals surface area contributed by atoms with Crippen molar-refractivity contribution in [1.29, 1.82) is 0 Å². The molecule has 0 radical (unpaired) electrons. The van der Waals surface area contributed by atoms with E-state index in [1.165, 1.54) is 31.5 Å². The smallest absolute Gasteiger partial charge is 0.222 e. The Morgan fingerprint density at radius 2 is 1.70 bits per heavy atom. The third-order valence-corrected chi connectivity index (χ3v) is 6.79. The minimum Gasteiger partial charge on any atom is -0.340 e. The minimum absolute atomic E-state index is 0.124. The normalized spacial score (nSPS) is 20.4. The Balaban J connectivity index is 1.35. The maximum atomic E-state index is 12.8. The number of carbonyl (C=O) groups excluding carboxylic acids is 1. The van der Waals surface area contributed by atoms with Gasteiger partial charge in [0.2, 0.25) is 5.91 Å². The molecule has 30 heavy (non-hydrogen) atoms. The number of amides is 1. The summed E-state index contributed by atoms with van der Waals surface area (Å²) in [6, 6.07) is 11.2. The molecule has 2 fully saturated rings. The van der Waals surface area contributed by atoms with Gasteiger partial charge in [0, 0.05) is 58.1 Å². The van der Waals surface area contributed by atoms with Gasteiger partial charge in [0.05, 0.1) is 6.04 Å². The molecule has 0 spiro atoms. The number of aryl methyl sites for hydroxylation is 1. The molecule has 2 aliphatic heterocycles. The van der Waals surface area contributed by atoms with Gasteiger partial charge in [-0.1, -0.05) is 30.3 Å². The molecule has 0 bridgehead atoms. The quantitative estimate of drug-likeness (QED) is 0.705. The van der Waals surface area contributed by atoms with Gasteiger partial charge in [-0.05, 0) is 44.8 Å². The molecule has 0 saturated carbocycles. The van der Waals surface area contributed by atoms with Gasteiger partial charge < -0.3 is 14.4 Å². The summed E-state index contributed by atoms with van der Waals surface area (Å²) in [6.45, 7) is 8.01. The van der Waals surface area contributed by atoms with E-state index in [1.807, 2.05) is 12.4 Å². The summed E-state index contributed by atoms with van der Waals surface area (Å²) in [7, 11) is 2.06. The highest BCUT2D eigenvalue weighted by Crippen LogP contribution is 2.28. The van der Waals surface area contributed by atoms with Crippen molar-refractivity contribution in [3.63, 3.8) is 0 Å². The van der Waals surface area contributed by atoms with Crippen LogP contribution in [0.4, 0.5) is 0 Å². The lowest BCUT2D eigenvalue weighted by Crippen LogP contribution is -2.50. The van der Waals surface area contributed by atoms with Crippen LogP contribution in [0.2, 0.25) is 0 Å². The van der Waals surface area contributed by atoms with Crippen LogP contribution in [0, 0.1) is 0 Å². The van der Waals surface area contributed by atoms with Crippen LogP contribution >= 0.6 is 0 Å². The first-order valence-corrected chi connectivity index (χ1v) is 11.4. The van der Waals surface area contributed by atoms with Gasteiger partial charge in [-0.25, -0.2) is 4.98 Å². The van der Waals surface area contributed by atoms with Crippen molar-refractivity contribution >= 4 is 5.91 Å². The van der Waals surface area contributed by atoms with E-state index in [4.69, 9.17) is 0 Å². The van der Waals surface area contributed by atoms with E-state index in [1.54, 1.807) is 0 Å². The van der Waals surface area contributed by atoms with E-state index < -0.39 is 0 Å². The fraction of sp³-hybridized carbons (Fsp3) is 0.583. The fourth-order valence-corrected chi connectivity index (χ4v) is 4.88. The lowest BCUT2D eigenvalue weighted by atomic mass is 10.0. The first-order valence-electron chi connectivity index (χ1n) is 11.4. The Labute approximate surface area is 180 Å². The number of benzene rings is 1. The van der Waals surface area contributed by atoms with Crippen molar-refractivity contribution in [3.8, 4) is 0 Å². The SMILES string of the molecule is C[C@H](CCC(=O)N1CCN([C@H](c2ccccc2)c2nccn2C)CC1)N1CCCC1. The van der Waals surface area contributed by atoms with Gasteiger partial charge in [0.25, 0.3) is 0 Å². The molecule has 2 aromatic rings. The van der Waals surface area contributed by atoms with Crippen molar-refractivity contribution in [2.24, 2.45) is 7.05 Å². The zero-order valence-electron chi connectivity index (χ0n) is 18.4. The van der Waals surface area contributed by atoms with Gasteiger partial charge in [-0.3, -0.25) is 9.69 Å². The molecule has 4 rings (SSSR count). The molecule has 2 atom stereocenters. The molecule has 6 heteroatoms. The largest absolute Gasteiger partial charge is 0.340 e. The second-order valence-electron chi connectivity index (χ2n) is 8.76. The lowest BCUT2D eigenvalue weighted by Gasteiger charge is -2.39. The predicted octanol–water partition coefficient (Wildman–Crippen LogP) is 2.92. The number of likely N-dealkylation sites (tertiary alicyclic amines) is 1. The number of carbonyl (C=O) groups is 1. The zero-order valence-corrected chi connectivity index (χ0v) is 18.4. The molecule has 2 aliphatic rings. The van der Waals surface area contributed by atoms with E-state index in [9.17, 15) is 4.79 Å². The van der Waals surface area contributed by atoms with Crippen molar-refractivity contribution in [1.82, 2.24) is 24.3 Å². The first kappa shape index (κ1) is 21.1. The minimum atomic E-state index is 0.124. The Morgan fingerprint density at radius 1 is 1.00 bits per heavy atom. The van der Waals surface area contributed by atoms with Crippen LogP contribution in [-0.2, 0) is 11.8 Å². The monoisotopic (exact) mass is 409 g/mol. The molecule has 162 valence electrons. The second-order valence-corrected chi connectivity index (χ2v) is 8.76. The lowest BCUT2D eigenvalue weighted by molar-refractivity contribution is -0.133. The maximum Gasteiger partial charge on any atom is 0.222 e. The molecule has 1 amide bonds. The molecule has 0 aliphatic carbocycles. The Morgan fingerprint density at radius 3 is 2.33 bits per heavy atom. The van der Waals surface area contributed by atoms with Crippen LogP contribution < -0.4 is 0 Å². The molecule has 1 aromatic heterocycles. The van der Waals surface area contributed by atoms with E-state index in [0.717, 1.165) is 38.4 Å². The van der Waals surface area contributed by atoms with E-state index in [2.05, 4.69) is 68.6 Å². The van der Waals surface area contributed by atoms with Crippen LogP contribution in [0.25, 0.3) is 0 Å². The van der Waals surface area contributed by atoms with Gasteiger partial charge >= 0.3 is 0 Å². The highest BCUT2D eigenvalue weighted by molar-refractivity contribution is 5.76. The van der Waals surface area contributed by atoms with Gasteiger partial charge in [-0.2, -0.15) is 0 Å². The zero-order chi connectivity index (χ0) is 20.9. The van der Waals surface area contributed by atoms with Gasteiger partial charge in [0.1, 0.15) is 5.82 Å². The molecular formula is C24H35N5O. The molecule has 0 unspecified atom stereocenters. The van der Waals surface area contributed by atoms with Crippen LogP contribution in [-0.4, -0.2) is 75.5 Å². The highest BCUT2D eigenvalue weighted by atomic mass is 16.2. The number of nitrogens with zero attached hydrogens (tertiary/aromatic N) is 5. The molecule has 6 nitrogen and oxygen atoms in total. The average molecular weight is 410 g/mol. The van der Waals surface area contributed by atoms with Gasteiger partial charge in [0.15, 0.2) is 0 Å². The summed E-state index contributed by atoms with van der Waals surface area (Å²) >= 11 is 0. The third kappa shape index (κ3) is 4.76. The van der Waals surface area contributed by atoms with E-state index in [-0.39, 0.29) is 6.04 Å². The topological polar surface area (TPSA) is 44.6 Å². The number of hydrogen-bond acceptors (Lipinski definition) is 4. The summed E-state index contributed by atoms with van der Waals surface area (Å²) < 4.78 is 2.11. The Kier molecular flexibility index (Phi) is 6.85. The fourth-order valence-electron chi connectivity index (χ4n) is 4.88. The number of hydrogen-bond donors (Lipinski definition) is 0. The summed E-state index contributed by atoms with van der Waals surface area (Å²) in [5, 5.41) is 0. The number of imidazole rings is 1. The summed E-state index contributed by atoms with van der Waals surface area (Å²) in [5.41, 5.74) is 1.26. The summed E-state index contributed by atoms with van der Waals surface area (Å²) in [6.07, 6.45) is 8.12. The van der Waals surface area contributed by atoms with Crippen LogP contribution in [0.3, 0.4) is 0 Å². The second kappa shape index (κ2) is 9.75. The molecule has 2 saturated heterocycles. The van der Waals surface area contributed by atoms with Crippen molar-refractivity contribution in [2.45, 2.75) is 44.7 Å². The highest BCUT2D eigenvalue weighted by Gasteiger charge is 2.30. The summed E-state index contributed by atoms with van der Waals surface area (Å²) in [5.74, 6) is 1.37. The standard InChI is InChI=1S/C24H35N5O/c1-20(27-13-6-7-14-27)10-11-22(30)28-16-18-29(19-17-28)23(21-8-4-3-5-9-21)24-25-12-15-26(24)2/h3-5,8-9,12,15,20,23H,6-7,10-11,13-14,16-19H2,1-2H3/t20-,23-/m1/s1. The third-order valence-electron chi connectivity index (χ3n) is 6.79. The van der Waals surface area contributed by atoms with E-state index >= 15 is 0 Å². The predicted molar refractivity (Wildman–Crippen MR) is 119 cm³/mol. The molecule has 1 aromatic carbocycles. The first-order chi connectivity index (χ1) is 14.6. The molecule has 0 N–H and O–H groups in total. The molecule has 3 heterocycles. The van der Waals surface area contributed by atoms with E-state index in [0.29, 0.717) is 18.4 Å².